The van der Waals surface area contributed by atoms with E-state index < -0.39 is 25.5 Å². The van der Waals surface area contributed by atoms with Gasteiger partial charge in [-0.05, 0) is 30.8 Å². The molecule has 140 valence electrons. The molecule has 25 heavy (non-hydrogen) atoms. The predicted octanol–water partition coefficient (Wildman–Crippen LogP) is 2.60. The molecular formula is C13H17BrNO6S4+. The predicted molar refractivity (Wildman–Crippen MR) is 102 cm³/mol. The van der Waals surface area contributed by atoms with Crippen LogP contribution in [0, 0.1) is 0 Å². The van der Waals surface area contributed by atoms with Gasteiger partial charge in [-0.15, -0.1) is 0 Å². The first-order chi connectivity index (χ1) is 11.5. The number of thiazole rings is 1. The average molecular weight is 491 g/mol. The number of thioether (sulfide) groups is 1. The molecule has 1 unspecified atom stereocenters. The van der Waals surface area contributed by atoms with Gasteiger partial charge in [-0.2, -0.15) is 21.4 Å². The minimum absolute atomic E-state index is 0.172. The van der Waals surface area contributed by atoms with Crippen LogP contribution in [0.3, 0.4) is 0 Å². The molecule has 1 aromatic heterocycles. The zero-order valence-corrected chi connectivity index (χ0v) is 18.0. The van der Waals surface area contributed by atoms with Crippen molar-refractivity contribution >= 4 is 69.5 Å². The maximum atomic E-state index is 11.2. The second-order valence-corrected chi connectivity index (χ2v) is 12.0. The second-order valence-electron chi connectivity index (χ2n) is 5.41. The van der Waals surface area contributed by atoms with Gasteiger partial charge in [-0.1, -0.05) is 27.3 Å². The van der Waals surface area contributed by atoms with E-state index in [1.54, 1.807) is 0 Å². The van der Waals surface area contributed by atoms with Crippen molar-refractivity contribution < 1.29 is 30.5 Å². The lowest BCUT2D eigenvalue weighted by atomic mass is 10.3. The van der Waals surface area contributed by atoms with Crippen LogP contribution in [0.4, 0.5) is 0 Å². The smallest absolute Gasteiger partial charge is 0.286 e. The van der Waals surface area contributed by atoms with Crippen LogP contribution in [0.5, 0.6) is 0 Å². The van der Waals surface area contributed by atoms with Crippen molar-refractivity contribution in [2.45, 2.75) is 29.5 Å². The molecule has 7 nitrogen and oxygen atoms in total. The molecule has 2 rings (SSSR count). The van der Waals surface area contributed by atoms with Gasteiger partial charge in [0.15, 0.2) is 6.54 Å². The fourth-order valence-electron chi connectivity index (χ4n) is 2.03. The number of halogens is 1. The third-order valence-electron chi connectivity index (χ3n) is 3.36. The molecule has 0 spiro atoms. The SMILES string of the molecule is CC(CSc1sc2ccc(Br)cc2[n+]1CCCS(=O)(=O)O)S(=O)(=O)O. The Kier molecular flexibility index (Phi) is 6.90. The summed E-state index contributed by atoms with van der Waals surface area (Å²) in [5, 5.41) is -0.916. The monoisotopic (exact) mass is 490 g/mol. The van der Waals surface area contributed by atoms with Gasteiger partial charge in [-0.25, -0.2) is 0 Å². The molecule has 0 amide bonds. The quantitative estimate of drug-likeness (QED) is 0.332. The lowest BCUT2D eigenvalue weighted by Crippen LogP contribution is -2.35. The first kappa shape index (κ1) is 21.1. The van der Waals surface area contributed by atoms with E-state index in [2.05, 4.69) is 15.9 Å². The minimum Gasteiger partial charge on any atom is -0.286 e. The van der Waals surface area contributed by atoms with Crippen molar-refractivity contribution in [1.82, 2.24) is 0 Å². The van der Waals surface area contributed by atoms with Crippen molar-refractivity contribution in [3.8, 4) is 0 Å². The molecule has 2 N–H and O–H groups in total. The summed E-state index contributed by atoms with van der Waals surface area (Å²) in [4.78, 5) is 0. The number of benzene rings is 1. The maximum absolute atomic E-state index is 11.2. The fourth-order valence-corrected chi connectivity index (χ4v) is 6.10. The Labute approximate surface area is 163 Å². The van der Waals surface area contributed by atoms with Crippen molar-refractivity contribution in [2.75, 3.05) is 11.5 Å². The number of hydrogen-bond donors (Lipinski definition) is 2. The Morgan fingerprint density at radius 2 is 1.96 bits per heavy atom. The standard InChI is InChI=1S/C13H16BrNO6S4/c1-9(25(19,20)21)8-22-13-15(5-2-6-24(16,17)18)11-7-10(14)3-4-12(11)23-13/h3-4,7,9H,2,5-6,8H2,1H3,(H-,16,17,18,19,20,21)/p+1. The highest BCUT2D eigenvalue weighted by atomic mass is 79.9. The van der Waals surface area contributed by atoms with Crippen LogP contribution in [0.25, 0.3) is 10.2 Å². The van der Waals surface area contributed by atoms with Crippen molar-refractivity contribution in [2.24, 2.45) is 0 Å². The van der Waals surface area contributed by atoms with Crippen LogP contribution in [0.2, 0.25) is 0 Å². The molecule has 0 radical (unpaired) electrons. The van der Waals surface area contributed by atoms with Crippen LogP contribution in [0.1, 0.15) is 13.3 Å². The molecule has 1 atom stereocenters. The molecule has 0 saturated heterocycles. The van der Waals surface area contributed by atoms with Gasteiger partial charge in [0.05, 0.1) is 11.0 Å². The second kappa shape index (κ2) is 8.19. The summed E-state index contributed by atoms with van der Waals surface area (Å²) in [6, 6.07) is 5.70. The van der Waals surface area contributed by atoms with Crippen molar-refractivity contribution in [1.29, 1.82) is 0 Å². The van der Waals surface area contributed by atoms with Crippen LogP contribution < -0.4 is 4.57 Å². The Bertz CT molecular complexity index is 970. The van der Waals surface area contributed by atoms with Gasteiger partial charge in [0.2, 0.25) is 5.52 Å². The highest BCUT2D eigenvalue weighted by Gasteiger charge is 2.25. The van der Waals surface area contributed by atoms with E-state index in [-0.39, 0.29) is 17.9 Å². The van der Waals surface area contributed by atoms with E-state index in [4.69, 9.17) is 9.11 Å². The summed E-state index contributed by atoms with van der Waals surface area (Å²) in [6.07, 6.45) is 0.225. The number of fused-ring (bicyclic) bond motifs is 1. The van der Waals surface area contributed by atoms with Crippen LogP contribution >= 0.6 is 39.0 Å². The first-order valence-electron chi connectivity index (χ1n) is 7.13. The molecule has 0 bridgehead atoms. The fraction of sp³-hybridized carbons (Fsp3) is 0.462. The Hall–Kier alpha value is -0.240. The molecule has 0 aliphatic heterocycles. The molecule has 2 aromatic rings. The lowest BCUT2D eigenvalue weighted by molar-refractivity contribution is -0.701. The number of aryl methyl sites for hydroxylation is 1. The van der Waals surface area contributed by atoms with E-state index in [9.17, 15) is 16.8 Å². The Morgan fingerprint density at radius 3 is 2.56 bits per heavy atom. The number of nitrogens with zero attached hydrogens (tertiary/aromatic N) is 1. The normalized spacial score (nSPS) is 14.1. The van der Waals surface area contributed by atoms with Gasteiger partial charge >= 0.3 is 0 Å². The third kappa shape index (κ3) is 6.15. The molecule has 1 aromatic carbocycles. The highest BCUT2D eigenvalue weighted by molar-refractivity contribution is 9.10. The largest absolute Gasteiger partial charge is 0.298 e. The van der Waals surface area contributed by atoms with E-state index in [0.29, 0.717) is 6.54 Å². The van der Waals surface area contributed by atoms with Gasteiger partial charge in [0, 0.05) is 22.7 Å². The van der Waals surface area contributed by atoms with E-state index in [0.717, 1.165) is 19.0 Å². The Balaban J connectivity index is 2.29. The number of hydrogen-bond acceptors (Lipinski definition) is 6. The molecule has 0 fully saturated rings. The van der Waals surface area contributed by atoms with Gasteiger partial charge in [0.1, 0.15) is 4.70 Å². The average Bonchev–Trinajstić information content (AvgIpc) is 2.80. The Morgan fingerprint density at radius 1 is 1.28 bits per heavy atom. The van der Waals surface area contributed by atoms with Crippen LogP contribution in [-0.2, 0) is 26.8 Å². The van der Waals surface area contributed by atoms with Gasteiger partial charge in [-0.3, -0.25) is 9.11 Å². The summed E-state index contributed by atoms with van der Waals surface area (Å²) in [7, 11) is -8.14. The summed E-state index contributed by atoms with van der Waals surface area (Å²) in [5.41, 5.74) is 0.886. The summed E-state index contributed by atoms with van der Waals surface area (Å²) in [5.74, 6) is -0.179. The molecule has 1 heterocycles. The molecular weight excluding hydrogens is 474 g/mol. The molecule has 0 saturated carbocycles. The van der Waals surface area contributed by atoms with E-state index in [1.807, 2.05) is 22.8 Å². The van der Waals surface area contributed by atoms with Crippen molar-refractivity contribution in [3.63, 3.8) is 0 Å². The maximum Gasteiger partial charge on any atom is 0.298 e. The highest BCUT2D eigenvalue weighted by Crippen LogP contribution is 2.30. The van der Waals surface area contributed by atoms with Crippen LogP contribution in [-0.4, -0.2) is 42.7 Å². The van der Waals surface area contributed by atoms with Crippen LogP contribution in [0.15, 0.2) is 27.0 Å². The molecule has 0 aliphatic carbocycles. The van der Waals surface area contributed by atoms with E-state index in [1.165, 1.54) is 30.0 Å². The first-order valence-corrected chi connectivity index (χ1v) is 12.8. The summed E-state index contributed by atoms with van der Waals surface area (Å²) in [6.45, 7) is 1.79. The zero-order valence-electron chi connectivity index (χ0n) is 13.1. The number of rotatable bonds is 8. The van der Waals surface area contributed by atoms with Gasteiger partial charge < -0.3 is 0 Å². The molecule has 12 heteroatoms. The van der Waals surface area contributed by atoms with Gasteiger partial charge in [0.25, 0.3) is 24.6 Å². The third-order valence-corrected chi connectivity index (χ3v) is 8.75. The summed E-state index contributed by atoms with van der Waals surface area (Å²) < 4.78 is 66.7. The molecule has 0 aliphatic rings. The van der Waals surface area contributed by atoms with E-state index >= 15 is 0 Å². The lowest BCUT2D eigenvalue weighted by Gasteiger charge is -2.05. The zero-order chi connectivity index (χ0) is 18.8. The number of aromatic nitrogens is 1. The summed E-state index contributed by atoms with van der Waals surface area (Å²) >= 11 is 6.15. The minimum atomic E-state index is -4.10. The topological polar surface area (TPSA) is 113 Å². The van der Waals surface area contributed by atoms with Crippen molar-refractivity contribution in [3.05, 3.63) is 22.7 Å².